The van der Waals surface area contributed by atoms with Crippen LogP contribution in [0.25, 0.3) is 0 Å². The SMILES string of the molecule is CC1CCN(c2ccncc2)C1CBr. The van der Waals surface area contributed by atoms with Crippen molar-refractivity contribution in [3.63, 3.8) is 0 Å². The van der Waals surface area contributed by atoms with E-state index in [2.05, 4.69) is 44.9 Å². The van der Waals surface area contributed by atoms with Crippen molar-refractivity contribution in [2.45, 2.75) is 19.4 Å². The van der Waals surface area contributed by atoms with Gasteiger partial charge in [0, 0.05) is 36.0 Å². The van der Waals surface area contributed by atoms with Gasteiger partial charge in [0.05, 0.1) is 0 Å². The van der Waals surface area contributed by atoms with Gasteiger partial charge in [0.25, 0.3) is 0 Å². The lowest BCUT2D eigenvalue weighted by Gasteiger charge is -2.27. The second-order valence-electron chi connectivity index (χ2n) is 3.89. The van der Waals surface area contributed by atoms with Gasteiger partial charge in [0.15, 0.2) is 0 Å². The first-order valence-electron chi connectivity index (χ1n) is 5.05. The van der Waals surface area contributed by atoms with Crippen LogP contribution in [0.15, 0.2) is 24.5 Å². The lowest BCUT2D eigenvalue weighted by atomic mass is 10.1. The third kappa shape index (κ3) is 1.78. The Labute approximate surface area is 93.5 Å². The zero-order valence-corrected chi connectivity index (χ0v) is 9.94. The van der Waals surface area contributed by atoms with E-state index in [1.807, 2.05) is 12.4 Å². The van der Waals surface area contributed by atoms with Gasteiger partial charge >= 0.3 is 0 Å². The van der Waals surface area contributed by atoms with Crippen molar-refractivity contribution in [1.29, 1.82) is 0 Å². The lowest BCUT2D eigenvalue weighted by molar-refractivity contribution is 0.554. The van der Waals surface area contributed by atoms with E-state index in [9.17, 15) is 0 Å². The number of rotatable bonds is 2. The summed E-state index contributed by atoms with van der Waals surface area (Å²) < 4.78 is 0. The normalized spacial score (nSPS) is 26.9. The number of hydrogen-bond donors (Lipinski definition) is 0. The molecular formula is C11H15BrN2. The van der Waals surface area contributed by atoms with Gasteiger partial charge < -0.3 is 4.90 Å². The Morgan fingerprint density at radius 1 is 1.50 bits per heavy atom. The minimum absolute atomic E-state index is 0.636. The van der Waals surface area contributed by atoms with Crippen LogP contribution in [0.4, 0.5) is 5.69 Å². The Morgan fingerprint density at radius 3 is 2.86 bits per heavy atom. The molecule has 1 aromatic heterocycles. The summed E-state index contributed by atoms with van der Waals surface area (Å²) in [6, 6.07) is 4.82. The van der Waals surface area contributed by atoms with Gasteiger partial charge in [-0.1, -0.05) is 22.9 Å². The highest BCUT2D eigenvalue weighted by atomic mass is 79.9. The van der Waals surface area contributed by atoms with Crippen molar-refractivity contribution in [2.75, 3.05) is 16.8 Å². The van der Waals surface area contributed by atoms with E-state index in [1.54, 1.807) is 0 Å². The molecule has 1 fully saturated rings. The Balaban J connectivity index is 2.19. The number of anilines is 1. The molecule has 0 aromatic carbocycles. The molecule has 0 amide bonds. The minimum Gasteiger partial charge on any atom is -0.367 e. The van der Waals surface area contributed by atoms with E-state index in [-0.39, 0.29) is 0 Å². The fourth-order valence-corrected chi connectivity index (χ4v) is 3.09. The van der Waals surface area contributed by atoms with E-state index in [0.717, 1.165) is 11.2 Å². The highest BCUT2D eigenvalue weighted by Crippen LogP contribution is 2.29. The number of aromatic nitrogens is 1. The summed E-state index contributed by atoms with van der Waals surface area (Å²) in [5.74, 6) is 0.780. The summed E-state index contributed by atoms with van der Waals surface area (Å²) in [6.45, 7) is 3.49. The molecule has 1 aliphatic rings. The largest absolute Gasteiger partial charge is 0.367 e. The number of alkyl halides is 1. The smallest absolute Gasteiger partial charge is 0.0412 e. The molecule has 14 heavy (non-hydrogen) atoms. The van der Waals surface area contributed by atoms with Crippen LogP contribution in [0.1, 0.15) is 13.3 Å². The zero-order valence-electron chi connectivity index (χ0n) is 8.36. The monoisotopic (exact) mass is 254 g/mol. The Morgan fingerprint density at radius 2 is 2.21 bits per heavy atom. The van der Waals surface area contributed by atoms with Crippen molar-refractivity contribution in [3.8, 4) is 0 Å². The molecule has 0 saturated carbocycles. The molecule has 2 atom stereocenters. The molecule has 2 rings (SSSR count). The zero-order chi connectivity index (χ0) is 9.97. The van der Waals surface area contributed by atoms with Gasteiger partial charge in [-0.15, -0.1) is 0 Å². The predicted octanol–water partition coefficient (Wildman–Crippen LogP) is 2.69. The number of pyridine rings is 1. The molecule has 0 aliphatic carbocycles. The summed E-state index contributed by atoms with van der Waals surface area (Å²) >= 11 is 3.60. The molecule has 76 valence electrons. The van der Waals surface area contributed by atoms with Crippen LogP contribution in [-0.2, 0) is 0 Å². The summed E-state index contributed by atoms with van der Waals surface area (Å²) in [5, 5.41) is 1.05. The summed E-state index contributed by atoms with van der Waals surface area (Å²) in [7, 11) is 0. The van der Waals surface area contributed by atoms with Gasteiger partial charge in [0.2, 0.25) is 0 Å². The highest BCUT2D eigenvalue weighted by Gasteiger charge is 2.29. The van der Waals surface area contributed by atoms with Crippen molar-refractivity contribution < 1.29 is 0 Å². The van der Waals surface area contributed by atoms with E-state index < -0.39 is 0 Å². The van der Waals surface area contributed by atoms with Crippen molar-refractivity contribution in [3.05, 3.63) is 24.5 Å². The molecule has 1 aromatic rings. The van der Waals surface area contributed by atoms with Crippen LogP contribution in [0.2, 0.25) is 0 Å². The molecule has 2 unspecified atom stereocenters. The first-order chi connectivity index (χ1) is 6.83. The third-order valence-electron chi connectivity index (χ3n) is 3.03. The Hall–Kier alpha value is -0.570. The average Bonchev–Trinajstić information content (AvgIpc) is 2.61. The molecule has 0 spiro atoms. The van der Waals surface area contributed by atoms with Gasteiger partial charge in [-0.05, 0) is 24.5 Å². The summed E-state index contributed by atoms with van der Waals surface area (Å²) in [6.07, 6.45) is 5.02. The first kappa shape index (κ1) is 9.97. The molecule has 3 heteroatoms. The second-order valence-corrected chi connectivity index (χ2v) is 4.53. The number of nitrogens with zero attached hydrogens (tertiary/aromatic N) is 2. The molecule has 2 heterocycles. The maximum Gasteiger partial charge on any atom is 0.0412 e. The molecular weight excluding hydrogens is 240 g/mol. The van der Waals surface area contributed by atoms with Gasteiger partial charge in [-0.25, -0.2) is 0 Å². The van der Waals surface area contributed by atoms with Crippen LogP contribution >= 0.6 is 15.9 Å². The maximum absolute atomic E-state index is 4.05. The fraction of sp³-hybridized carbons (Fsp3) is 0.545. The molecule has 1 aliphatic heterocycles. The quantitative estimate of drug-likeness (QED) is 0.755. The maximum atomic E-state index is 4.05. The van der Waals surface area contributed by atoms with Gasteiger partial charge in [-0.2, -0.15) is 0 Å². The summed E-state index contributed by atoms with van der Waals surface area (Å²) in [5.41, 5.74) is 1.30. The van der Waals surface area contributed by atoms with E-state index in [4.69, 9.17) is 0 Å². The van der Waals surface area contributed by atoms with Crippen LogP contribution in [0.5, 0.6) is 0 Å². The van der Waals surface area contributed by atoms with Crippen molar-refractivity contribution >= 4 is 21.6 Å². The Kier molecular flexibility index (Phi) is 3.06. The number of halogens is 1. The third-order valence-corrected chi connectivity index (χ3v) is 3.70. The molecule has 2 nitrogen and oxygen atoms in total. The van der Waals surface area contributed by atoms with Crippen LogP contribution in [0.3, 0.4) is 0 Å². The highest BCUT2D eigenvalue weighted by molar-refractivity contribution is 9.09. The van der Waals surface area contributed by atoms with Crippen molar-refractivity contribution in [2.24, 2.45) is 5.92 Å². The average molecular weight is 255 g/mol. The van der Waals surface area contributed by atoms with E-state index in [0.29, 0.717) is 6.04 Å². The summed E-state index contributed by atoms with van der Waals surface area (Å²) in [4.78, 5) is 6.52. The van der Waals surface area contributed by atoms with Crippen LogP contribution in [0, 0.1) is 5.92 Å². The topological polar surface area (TPSA) is 16.1 Å². The standard InChI is InChI=1S/C11H15BrN2/c1-9-4-7-14(11(9)8-12)10-2-5-13-6-3-10/h2-3,5-6,9,11H,4,7-8H2,1H3. The second kappa shape index (κ2) is 4.30. The van der Waals surface area contributed by atoms with Gasteiger partial charge in [-0.3, -0.25) is 4.98 Å². The predicted molar refractivity (Wildman–Crippen MR) is 62.9 cm³/mol. The molecule has 0 N–H and O–H groups in total. The lowest BCUT2D eigenvalue weighted by Crippen LogP contribution is -2.33. The van der Waals surface area contributed by atoms with Crippen LogP contribution in [-0.4, -0.2) is 22.9 Å². The molecule has 0 radical (unpaired) electrons. The molecule has 1 saturated heterocycles. The fourth-order valence-electron chi connectivity index (χ4n) is 2.10. The molecule has 0 bridgehead atoms. The van der Waals surface area contributed by atoms with Crippen LogP contribution < -0.4 is 4.90 Å². The van der Waals surface area contributed by atoms with Crippen molar-refractivity contribution in [1.82, 2.24) is 4.98 Å². The first-order valence-corrected chi connectivity index (χ1v) is 6.17. The van der Waals surface area contributed by atoms with Gasteiger partial charge in [0.1, 0.15) is 0 Å². The number of hydrogen-bond acceptors (Lipinski definition) is 2. The Bertz CT molecular complexity index is 289. The van der Waals surface area contributed by atoms with E-state index >= 15 is 0 Å². The van der Waals surface area contributed by atoms with E-state index in [1.165, 1.54) is 18.7 Å². The minimum atomic E-state index is 0.636.